The van der Waals surface area contributed by atoms with E-state index in [0.29, 0.717) is 0 Å². The molecule has 52 heavy (non-hydrogen) atoms. The second-order valence-corrected chi connectivity index (χ2v) is 17.4. The van der Waals surface area contributed by atoms with Gasteiger partial charge in [0.05, 0.1) is 12.5 Å². The summed E-state index contributed by atoms with van der Waals surface area (Å²) in [5.74, 6) is 0. The molecule has 0 saturated carbocycles. The molecule has 0 heterocycles. The molecule has 0 aromatic carbocycles. The van der Waals surface area contributed by atoms with Gasteiger partial charge < -0.3 is 0 Å². The maximum Gasteiger partial charge on any atom is 0.0669 e. The molecular formula is C51H100N. The molecule has 0 N–H and O–H groups in total. The molecule has 0 rings (SSSR count). The smallest absolute Gasteiger partial charge is 0.0669 e. The van der Waals surface area contributed by atoms with Gasteiger partial charge in [-0.2, -0.15) is 5.26 Å². The molecule has 0 unspecified atom stereocenters. The number of nitriles is 1. The van der Waals surface area contributed by atoms with E-state index >= 15 is 0 Å². The van der Waals surface area contributed by atoms with Crippen molar-refractivity contribution in [2.24, 2.45) is 0 Å². The van der Waals surface area contributed by atoms with E-state index in [0.717, 1.165) is 6.42 Å². The Bertz CT molecular complexity index is 634. The lowest BCUT2D eigenvalue weighted by molar-refractivity contribution is 0.508. The van der Waals surface area contributed by atoms with Crippen LogP contribution in [0.4, 0.5) is 0 Å². The van der Waals surface area contributed by atoms with Crippen molar-refractivity contribution in [2.75, 3.05) is 0 Å². The highest BCUT2D eigenvalue weighted by Gasteiger charge is 1.99. The molecule has 0 bridgehead atoms. The Hall–Kier alpha value is -0.510. The average Bonchev–Trinajstić information content (AvgIpc) is 3.16. The van der Waals surface area contributed by atoms with Crippen molar-refractivity contribution in [1.29, 1.82) is 5.26 Å². The topological polar surface area (TPSA) is 23.8 Å². The predicted octanol–water partition coefficient (Wildman–Crippen LogP) is 19.5. The molecule has 0 aromatic rings. The van der Waals surface area contributed by atoms with Crippen LogP contribution in [0.2, 0.25) is 0 Å². The van der Waals surface area contributed by atoms with E-state index < -0.39 is 0 Å². The van der Waals surface area contributed by atoms with Crippen molar-refractivity contribution in [2.45, 2.75) is 315 Å². The van der Waals surface area contributed by atoms with Gasteiger partial charge in [-0.3, -0.25) is 0 Å². The molecular weight excluding hydrogens is 627 g/mol. The van der Waals surface area contributed by atoms with Gasteiger partial charge in [-0.25, -0.2) is 0 Å². The highest BCUT2D eigenvalue weighted by molar-refractivity contribution is 4.90. The van der Waals surface area contributed by atoms with Crippen LogP contribution in [0.5, 0.6) is 0 Å². The maximum atomic E-state index is 8.51. The summed E-state index contributed by atoms with van der Waals surface area (Å²) in [6.07, 6.45) is 71.6. The fourth-order valence-electron chi connectivity index (χ4n) is 8.34. The van der Waals surface area contributed by atoms with E-state index in [1.165, 1.54) is 302 Å². The summed E-state index contributed by atoms with van der Waals surface area (Å²) in [4.78, 5) is 0. The Kier molecular flexibility index (Phi) is 50.0. The lowest BCUT2D eigenvalue weighted by Crippen LogP contribution is -1.85. The monoisotopic (exact) mass is 727 g/mol. The summed E-state index contributed by atoms with van der Waals surface area (Å²) >= 11 is 0. The molecule has 0 amide bonds. The molecule has 0 aromatic heterocycles. The summed E-state index contributed by atoms with van der Waals surface area (Å²) in [6, 6.07) is 2.13. The van der Waals surface area contributed by atoms with Gasteiger partial charge in [-0.1, -0.05) is 309 Å². The highest BCUT2D eigenvalue weighted by atomic mass is 14.2. The first-order valence-electron chi connectivity index (χ1n) is 25.1. The van der Waals surface area contributed by atoms with Crippen LogP contribution in [-0.4, -0.2) is 0 Å². The minimum Gasteiger partial charge on any atom is -0.198 e. The zero-order valence-electron chi connectivity index (χ0n) is 36.5. The largest absolute Gasteiger partial charge is 0.198 e. The number of nitrogens with zero attached hydrogens (tertiary/aromatic N) is 1. The van der Waals surface area contributed by atoms with Crippen molar-refractivity contribution < 1.29 is 0 Å². The van der Waals surface area contributed by atoms with Crippen LogP contribution in [0, 0.1) is 17.8 Å². The quantitative estimate of drug-likeness (QED) is 0.0573. The van der Waals surface area contributed by atoms with Crippen molar-refractivity contribution in [1.82, 2.24) is 0 Å². The Labute approximate surface area is 331 Å². The molecule has 1 radical (unpaired) electrons. The van der Waals surface area contributed by atoms with E-state index in [2.05, 4.69) is 13.0 Å². The van der Waals surface area contributed by atoms with Crippen LogP contribution in [0.1, 0.15) is 315 Å². The van der Waals surface area contributed by atoms with Crippen molar-refractivity contribution >= 4 is 0 Å². The second-order valence-electron chi connectivity index (χ2n) is 17.4. The third-order valence-corrected chi connectivity index (χ3v) is 12.0. The third-order valence-electron chi connectivity index (χ3n) is 12.0. The number of hydrogen-bond donors (Lipinski definition) is 0. The zero-order valence-corrected chi connectivity index (χ0v) is 36.5. The molecule has 0 atom stereocenters. The molecule has 309 valence electrons. The summed E-state index contributed by atoms with van der Waals surface area (Å²) in [7, 11) is 0. The van der Waals surface area contributed by atoms with E-state index in [-0.39, 0.29) is 0 Å². The number of unbranched alkanes of at least 4 members (excludes halogenated alkanes) is 48. The molecule has 0 spiro atoms. The van der Waals surface area contributed by atoms with Crippen LogP contribution in [0.25, 0.3) is 0 Å². The van der Waals surface area contributed by atoms with Gasteiger partial charge in [0, 0.05) is 0 Å². The van der Waals surface area contributed by atoms with E-state index in [1.54, 1.807) is 6.42 Å². The molecule has 0 fully saturated rings. The summed E-state index contributed by atoms with van der Waals surface area (Å²) in [5.41, 5.74) is 0. The SMILES string of the molecule is CCCCCCCCCCCCCCCCCCCCCCCCCCCCCCCCCCCCCCCCCCCCCCCCC[CH]C#N. The van der Waals surface area contributed by atoms with Crippen LogP contribution in [-0.2, 0) is 0 Å². The lowest BCUT2D eigenvalue weighted by atomic mass is 10.0. The van der Waals surface area contributed by atoms with Gasteiger partial charge in [0.25, 0.3) is 0 Å². The highest BCUT2D eigenvalue weighted by Crippen LogP contribution is 2.18. The molecule has 0 aliphatic carbocycles. The third kappa shape index (κ3) is 49.5. The lowest BCUT2D eigenvalue weighted by Gasteiger charge is -2.05. The van der Waals surface area contributed by atoms with E-state index in [9.17, 15) is 0 Å². The van der Waals surface area contributed by atoms with Gasteiger partial charge in [0.15, 0.2) is 0 Å². The van der Waals surface area contributed by atoms with Crippen LogP contribution >= 0.6 is 0 Å². The zero-order chi connectivity index (χ0) is 37.4. The molecule has 0 aliphatic rings. The fourth-order valence-corrected chi connectivity index (χ4v) is 8.34. The summed E-state index contributed by atoms with van der Waals surface area (Å²) < 4.78 is 0. The molecule has 0 saturated heterocycles. The van der Waals surface area contributed by atoms with Crippen LogP contribution < -0.4 is 0 Å². The molecule has 0 aliphatic heterocycles. The fraction of sp³-hybridized carbons (Fsp3) is 0.961. The molecule has 1 heteroatoms. The van der Waals surface area contributed by atoms with Crippen molar-refractivity contribution in [3.05, 3.63) is 6.42 Å². The predicted molar refractivity (Wildman–Crippen MR) is 237 cm³/mol. The Morgan fingerprint density at radius 2 is 0.365 bits per heavy atom. The molecule has 1 nitrogen and oxygen atoms in total. The van der Waals surface area contributed by atoms with Crippen LogP contribution in [0.15, 0.2) is 0 Å². The minimum absolute atomic E-state index is 0.982. The first kappa shape index (κ1) is 51.5. The summed E-state index contributed by atoms with van der Waals surface area (Å²) in [5, 5.41) is 8.51. The van der Waals surface area contributed by atoms with Crippen molar-refractivity contribution in [3.8, 4) is 6.07 Å². The minimum atomic E-state index is 0.982. The standard InChI is InChI=1S/C51H100N/c1-2-3-4-5-6-7-8-9-10-11-12-13-14-15-16-17-18-19-20-21-22-23-24-25-26-27-28-29-30-31-32-33-34-35-36-37-38-39-40-41-42-43-44-45-46-47-48-49-50-51-52/h50H,2-49H2,1H3. The van der Waals surface area contributed by atoms with Gasteiger partial charge >= 0.3 is 0 Å². The number of rotatable bonds is 48. The first-order valence-corrected chi connectivity index (χ1v) is 25.1. The van der Waals surface area contributed by atoms with Gasteiger partial charge in [-0.15, -0.1) is 0 Å². The van der Waals surface area contributed by atoms with Gasteiger partial charge in [-0.05, 0) is 6.42 Å². The Morgan fingerprint density at radius 1 is 0.231 bits per heavy atom. The summed E-state index contributed by atoms with van der Waals surface area (Å²) in [6.45, 7) is 2.31. The number of hydrogen-bond acceptors (Lipinski definition) is 1. The second kappa shape index (κ2) is 50.5. The van der Waals surface area contributed by atoms with Crippen LogP contribution in [0.3, 0.4) is 0 Å². The van der Waals surface area contributed by atoms with Gasteiger partial charge in [0.2, 0.25) is 0 Å². The maximum absolute atomic E-state index is 8.51. The van der Waals surface area contributed by atoms with E-state index in [1.807, 2.05) is 0 Å². The average molecular weight is 727 g/mol. The van der Waals surface area contributed by atoms with Crippen molar-refractivity contribution in [3.63, 3.8) is 0 Å². The first-order chi connectivity index (χ1) is 25.9. The normalized spacial score (nSPS) is 11.5. The van der Waals surface area contributed by atoms with E-state index in [4.69, 9.17) is 5.26 Å². The van der Waals surface area contributed by atoms with Gasteiger partial charge in [0.1, 0.15) is 0 Å². The Balaban J connectivity index is 3.05. The Morgan fingerprint density at radius 3 is 0.500 bits per heavy atom.